The van der Waals surface area contributed by atoms with Crippen LogP contribution in [0.1, 0.15) is 36.8 Å². The topological polar surface area (TPSA) is 38.7 Å². The average Bonchev–Trinajstić information content (AvgIpc) is 3.50. The van der Waals surface area contributed by atoms with Gasteiger partial charge in [0.2, 0.25) is 0 Å². The molecule has 3 nitrogen and oxygen atoms in total. The Hall–Kier alpha value is -2.13. The first-order chi connectivity index (χ1) is 12.3. The fourth-order valence-electron chi connectivity index (χ4n) is 2.60. The lowest BCUT2D eigenvalue weighted by Crippen LogP contribution is -2.20. The van der Waals surface area contributed by atoms with Crippen molar-refractivity contribution in [2.24, 2.45) is 10.9 Å². The van der Waals surface area contributed by atoms with Crippen LogP contribution in [0.5, 0.6) is 0 Å². The number of halogens is 1. The summed E-state index contributed by atoms with van der Waals surface area (Å²) in [6.45, 7) is 0. The molecule has 25 heavy (non-hydrogen) atoms. The van der Waals surface area contributed by atoms with E-state index in [1.807, 2.05) is 60.7 Å². The number of benzene rings is 2. The minimum atomic E-state index is -0.498. The molecule has 0 aromatic heterocycles. The minimum absolute atomic E-state index is 0.0607. The summed E-state index contributed by atoms with van der Waals surface area (Å²) in [4.78, 5) is 16.9. The highest BCUT2D eigenvalue weighted by Gasteiger charge is 2.33. The van der Waals surface area contributed by atoms with Gasteiger partial charge in [0.25, 0.3) is 0 Å². The zero-order chi connectivity index (χ0) is 17.5. The fraction of sp³-hybridized carbons (Fsp3) is 0.333. The van der Waals surface area contributed by atoms with E-state index in [1.165, 1.54) is 0 Å². The third kappa shape index (κ3) is 5.17. The zero-order valence-electron chi connectivity index (χ0n) is 14.1. The molecule has 0 saturated heterocycles. The van der Waals surface area contributed by atoms with Crippen LogP contribution in [0.15, 0.2) is 65.7 Å². The van der Waals surface area contributed by atoms with Crippen LogP contribution in [-0.2, 0) is 9.53 Å². The summed E-state index contributed by atoms with van der Waals surface area (Å²) in [5, 5.41) is 0. The Morgan fingerprint density at radius 2 is 1.60 bits per heavy atom. The van der Waals surface area contributed by atoms with E-state index in [9.17, 15) is 4.79 Å². The van der Waals surface area contributed by atoms with Gasteiger partial charge in [-0.05, 0) is 19.3 Å². The molecule has 1 fully saturated rings. The van der Waals surface area contributed by atoms with Gasteiger partial charge in [-0.2, -0.15) is 0 Å². The summed E-state index contributed by atoms with van der Waals surface area (Å²) in [6.07, 6.45) is 2.74. The van der Waals surface area contributed by atoms with E-state index in [0.29, 0.717) is 12.3 Å². The highest BCUT2D eigenvalue weighted by molar-refractivity contribution is 6.17. The van der Waals surface area contributed by atoms with Crippen LogP contribution in [0.25, 0.3) is 0 Å². The highest BCUT2D eigenvalue weighted by atomic mass is 35.5. The lowest BCUT2D eigenvalue weighted by atomic mass is 10.0. The number of carbonyl (C=O) groups excluding carboxylic acids is 1. The fourth-order valence-corrected chi connectivity index (χ4v) is 2.76. The highest BCUT2D eigenvalue weighted by Crippen LogP contribution is 2.31. The summed E-state index contributed by atoms with van der Waals surface area (Å²) in [5.41, 5.74) is 2.85. The minimum Gasteiger partial charge on any atom is -0.440 e. The molecule has 0 unspecified atom stereocenters. The van der Waals surface area contributed by atoms with Gasteiger partial charge in [0.15, 0.2) is 6.23 Å². The van der Waals surface area contributed by atoms with Crippen molar-refractivity contribution in [1.82, 2.24) is 0 Å². The van der Waals surface area contributed by atoms with Gasteiger partial charge in [0.1, 0.15) is 0 Å². The van der Waals surface area contributed by atoms with E-state index in [4.69, 9.17) is 21.3 Å². The van der Waals surface area contributed by atoms with Crippen LogP contribution in [0.4, 0.5) is 0 Å². The quantitative estimate of drug-likeness (QED) is 0.386. The predicted molar refractivity (Wildman–Crippen MR) is 101 cm³/mol. The number of hydrogen-bond acceptors (Lipinski definition) is 3. The summed E-state index contributed by atoms with van der Waals surface area (Å²) in [6, 6.07) is 20.0. The Morgan fingerprint density at radius 1 is 1.04 bits per heavy atom. The van der Waals surface area contributed by atoms with Gasteiger partial charge >= 0.3 is 5.97 Å². The Bertz CT molecular complexity index is 670. The molecule has 0 heterocycles. The summed E-state index contributed by atoms with van der Waals surface area (Å²) in [5.74, 6) is 0.452. The molecule has 0 N–H and O–H groups in total. The second-order valence-electron chi connectivity index (χ2n) is 6.21. The Morgan fingerprint density at radius 3 is 2.08 bits per heavy atom. The second kappa shape index (κ2) is 8.82. The molecular formula is C21H22ClNO2. The van der Waals surface area contributed by atoms with E-state index in [1.54, 1.807) is 0 Å². The van der Waals surface area contributed by atoms with Crippen molar-refractivity contribution < 1.29 is 9.53 Å². The van der Waals surface area contributed by atoms with Gasteiger partial charge in [0.05, 0.1) is 11.6 Å². The smallest absolute Gasteiger partial charge is 0.310 e. The third-order valence-corrected chi connectivity index (χ3v) is 4.38. The average molecular weight is 356 g/mol. The van der Waals surface area contributed by atoms with Gasteiger partial charge in [-0.25, -0.2) is 4.99 Å². The number of nitrogens with zero attached hydrogens (tertiary/aromatic N) is 1. The Kier molecular flexibility index (Phi) is 6.24. The predicted octanol–water partition coefficient (Wildman–Crippen LogP) is 4.82. The molecule has 1 aliphatic carbocycles. The zero-order valence-corrected chi connectivity index (χ0v) is 14.9. The summed E-state index contributed by atoms with van der Waals surface area (Å²) in [7, 11) is 0. The third-order valence-electron chi connectivity index (χ3n) is 4.12. The molecule has 0 spiro atoms. The SMILES string of the molecule is O=C(O[C@@H](CCCCl)N=C(c1ccccc1)c1ccccc1)C1CC1. The van der Waals surface area contributed by atoms with E-state index >= 15 is 0 Å². The maximum atomic E-state index is 12.1. The number of hydrogen-bond donors (Lipinski definition) is 0. The van der Waals surface area contributed by atoms with Gasteiger partial charge in [-0.1, -0.05) is 60.7 Å². The first-order valence-electron chi connectivity index (χ1n) is 8.73. The van der Waals surface area contributed by atoms with Crippen molar-refractivity contribution in [1.29, 1.82) is 0 Å². The molecular weight excluding hydrogens is 334 g/mol. The van der Waals surface area contributed by atoms with E-state index in [2.05, 4.69) is 0 Å². The lowest BCUT2D eigenvalue weighted by Gasteiger charge is -2.16. The molecule has 2 aromatic carbocycles. The van der Waals surface area contributed by atoms with Crippen molar-refractivity contribution in [2.45, 2.75) is 31.9 Å². The molecule has 0 radical (unpaired) electrons. The molecule has 1 aliphatic rings. The molecule has 0 amide bonds. The van der Waals surface area contributed by atoms with Gasteiger partial charge in [0, 0.05) is 23.4 Å². The Labute approximate surface area is 153 Å². The van der Waals surface area contributed by atoms with Gasteiger partial charge < -0.3 is 4.74 Å². The number of alkyl halides is 1. The number of esters is 1. The Balaban J connectivity index is 1.91. The van der Waals surface area contributed by atoms with Crippen molar-refractivity contribution in [3.63, 3.8) is 0 Å². The number of ether oxygens (including phenoxy) is 1. The maximum absolute atomic E-state index is 12.1. The van der Waals surface area contributed by atoms with Crippen molar-refractivity contribution in [3.05, 3.63) is 71.8 Å². The lowest BCUT2D eigenvalue weighted by molar-refractivity contribution is -0.150. The van der Waals surface area contributed by atoms with E-state index < -0.39 is 6.23 Å². The van der Waals surface area contributed by atoms with Gasteiger partial charge in [-0.15, -0.1) is 11.6 Å². The first-order valence-corrected chi connectivity index (χ1v) is 9.26. The molecule has 130 valence electrons. The van der Waals surface area contributed by atoms with Gasteiger partial charge in [-0.3, -0.25) is 4.79 Å². The van der Waals surface area contributed by atoms with Crippen LogP contribution in [0.3, 0.4) is 0 Å². The maximum Gasteiger partial charge on any atom is 0.310 e. The van der Waals surface area contributed by atoms with Crippen LogP contribution >= 0.6 is 11.6 Å². The van der Waals surface area contributed by atoms with Crippen molar-refractivity contribution >= 4 is 23.3 Å². The van der Waals surface area contributed by atoms with E-state index in [0.717, 1.165) is 36.1 Å². The summed E-state index contributed by atoms with van der Waals surface area (Å²) >= 11 is 5.84. The van der Waals surface area contributed by atoms with Crippen LogP contribution in [0, 0.1) is 5.92 Å². The number of aliphatic imine (C=N–C) groups is 1. The van der Waals surface area contributed by atoms with Crippen LogP contribution in [-0.4, -0.2) is 23.8 Å². The molecule has 1 saturated carbocycles. The van der Waals surface area contributed by atoms with Crippen molar-refractivity contribution in [3.8, 4) is 0 Å². The van der Waals surface area contributed by atoms with Crippen LogP contribution < -0.4 is 0 Å². The molecule has 2 aromatic rings. The standard InChI is InChI=1S/C21H22ClNO2/c22-15-7-12-19(25-21(24)18-13-14-18)23-20(16-8-3-1-4-9-16)17-10-5-2-6-11-17/h1-6,8-11,18-19H,7,12-15H2/t19-/m0/s1. The molecule has 1 atom stereocenters. The molecule has 0 aliphatic heterocycles. The van der Waals surface area contributed by atoms with Crippen LogP contribution in [0.2, 0.25) is 0 Å². The number of carbonyl (C=O) groups is 1. The summed E-state index contributed by atoms with van der Waals surface area (Å²) < 4.78 is 5.66. The second-order valence-corrected chi connectivity index (χ2v) is 6.58. The monoisotopic (exact) mass is 355 g/mol. The molecule has 0 bridgehead atoms. The molecule has 3 rings (SSSR count). The largest absolute Gasteiger partial charge is 0.440 e. The van der Waals surface area contributed by atoms with E-state index in [-0.39, 0.29) is 11.9 Å². The number of rotatable bonds is 8. The molecule has 4 heteroatoms. The first kappa shape index (κ1) is 17.7. The van der Waals surface area contributed by atoms with Crippen molar-refractivity contribution in [2.75, 3.05) is 5.88 Å². The normalized spacial score (nSPS) is 14.6.